The van der Waals surface area contributed by atoms with Crippen LogP contribution in [0.15, 0.2) is 85.1 Å². The molecular formula is C31H31N3O4. The van der Waals surface area contributed by atoms with Gasteiger partial charge in [-0.15, -0.1) is 0 Å². The molecule has 7 heteroatoms. The summed E-state index contributed by atoms with van der Waals surface area (Å²) >= 11 is 0. The Labute approximate surface area is 222 Å². The number of carbonyl (C=O) groups excluding carboxylic acids is 1. The monoisotopic (exact) mass is 509 g/mol. The van der Waals surface area contributed by atoms with Crippen molar-refractivity contribution >= 4 is 11.6 Å². The second-order valence-corrected chi connectivity index (χ2v) is 9.12. The van der Waals surface area contributed by atoms with Gasteiger partial charge in [0.05, 0.1) is 31.8 Å². The van der Waals surface area contributed by atoms with Crippen molar-refractivity contribution in [2.24, 2.45) is 0 Å². The van der Waals surface area contributed by atoms with Crippen molar-refractivity contribution in [1.29, 1.82) is 0 Å². The number of amides is 1. The van der Waals surface area contributed by atoms with Gasteiger partial charge in [-0.05, 0) is 98.2 Å². The van der Waals surface area contributed by atoms with Crippen molar-refractivity contribution in [2.75, 3.05) is 32.6 Å². The Morgan fingerprint density at radius 2 is 1.68 bits per heavy atom. The first-order valence-corrected chi connectivity index (χ1v) is 12.7. The molecule has 194 valence electrons. The van der Waals surface area contributed by atoms with E-state index < -0.39 is 0 Å². The normalized spacial score (nSPS) is 13.5. The number of pyridine rings is 1. The number of aromatic nitrogens is 1. The number of benzene rings is 3. The summed E-state index contributed by atoms with van der Waals surface area (Å²) < 4.78 is 17.0. The van der Waals surface area contributed by atoms with E-state index in [1.54, 1.807) is 32.5 Å². The molecular weight excluding hydrogens is 478 g/mol. The van der Waals surface area contributed by atoms with E-state index in [1.165, 1.54) is 0 Å². The molecule has 1 aromatic heterocycles. The largest absolute Gasteiger partial charge is 0.497 e. The first-order chi connectivity index (χ1) is 18.6. The molecule has 1 aliphatic rings. The lowest BCUT2D eigenvalue weighted by molar-refractivity contribution is 0.102. The van der Waals surface area contributed by atoms with Crippen molar-refractivity contribution in [1.82, 2.24) is 10.3 Å². The van der Waals surface area contributed by atoms with Crippen LogP contribution in [0.4, 0.5) is 5.69 Å². The van der Waals surface area contributed by atoms with Gasteiger partial charge in [-0.2, -0.15) is 0 Å². The smallest absolute Gasteiger partial charge is 0.255 e. The highest BCUT2D eigenvalue weighted by Gasteiger charge is 2.15. The summed E-state index contributed by atoms with van der Waals surface area (Å²) in [7, 11) is 3.24. The summed E-state index contributed by atoms with van der Waals surface area (Å²) in [5.41, 5.74) is 4.63. The van der Waals surface area contributed by atoms with Crippen LogP contribution in [-0.4, -0.2) is 44.3 Å². The van der Waals surface area contributed by atoms with E-state index in [-0.39, 0.29) is 12.0 Å². The standard InChI is InChI=1S/C31H31N3O4/c1-36-27-5-3-4-22(18-27)28-19-23(8-13-30(28)37-2)31(35)34-24-9-12-29(33-20-24)21-6-10-25(11-7-21)38-26-14-16-32-17-15-26/h3-13,18-20,26,32H,14-17H2,1-2H3,(H,34,35). The number of nitrogens with zero attached hydrogens (tertiary/aromatic N) is 1. The quantitative estimate of drug-likeness (QED) is 0.312. The van der Waals surface area contributed by atoms with Crippen molar-refractivity contribution < 1.29 is 19.0 Å². The van der Waals surface area contributed by atoms with E-state index in [0.29, 0.717) is 17.0 Å². The molecule has 1 aliphatic heterocycles. The molecule has 7 nitrogen and oxygen atoms in total. The Balaban J connectivity index is 1.26. The molecule has 0 atom stereocenters. The minimum absolute atomic E-state index is 0.231. The number of anilines is 1. The molecule has 0 aliphatic carbocycles. The first-order valence-electron chi connectivity index (χ1n) is 12.7. The molecule has 3 aromatic carbocycles. The van der Waals surface area contributed by atoms with Gasteiger partial charge in [0, 0.05) is 16.7 Å². The van der Waals surface area contributed by atoms with E-state index in [2.05, 4.69) is 15.6 Å². The average molecular weight is 510 g/mol. The number of carbonyl (C=O) groups is 1. The van der Waals surface area contributed by atoms with Gasteiger partial charge in [-0.25, -0.2) is 0 Å². The zero-order valence-electron chi connectivity index (χ0n) is 21.6. The molecule has 2 N–H and O–H groups in total. The number of piperidine rings is 1. The van der Waals surface area contributed by atoms with Gasteiger partial charge in [0.15, 0.2) is 0 Å². The van der Waals surface area contributed by atoms with Crippen molar-refractivity contribution in [3.05, 3.63) is 90.6 Å². The van der Waals surface area contributed by atoms with Crippen molar-refractivity contribution in [3.8, 4) is 39.6 Å². The van der Waals surface area contributed by atoms with E-state index in [0.717, 1.165) is 59.8 Å². The van der Waals surface area contributed by atoms with Gasteiger partial charge in [-0.1, -0.05) is 12.1 Å². The maximum Gasteiger partial charge on any atom is 0.255 e. The van der Waals surface area contributed by atoms with E-state index >= 15 is 0 Å². The number of ether oxygens (including phenoxy) is 3. The van der Waals surface area contributed by atoms with Crippen molar-refractivity contribution in [3.63, 3.8) is 0 Å². The van der Waals surface area contributed by atoms with Crippen LogP contribution < -0.4 is 24.8 Å². The lowest BCUT2D eigenvalue weighted by Gasteiger charge is -2.23. The van der Waals surface area contributed by atoms with Crippen LogP contribution in [0.1, 0.15) is 23.2 Å². The lowest BCUT2D eigenvalue weighted by atomic mass is 10.0. The summed E-state index contributed by atoms with van der Waals surface area (Å²) in [6.07, 6.45) is 3.98. The maximum absolute atomic E-state index is 13.1. The summed E-state index contributed by atoms with van der Waals surface area (Å²) in [4.78, 5) is 17.6. The Morgan fingerprint density at radius 3 is 2.39 bits per heavy atom. The van der Waals surface area contributed by atoms with Gasteiger partial charge < -0.3 is 24.8 Å². The zero-order valence-corrected chi connectivity index (χ0v) is 21.6. The van der Waals surface area contributed by atoms with E-state index in [1.807, 2.05) is 66.7 Å². The second-order valence-electron chi connectivity index (χ2n) is 9.12. The Hall–Kier alpha value is -4.36. The van der Waals surface area contributed by atoms with E-state index in [9.17, 15) is 4.79 Å². The molecule has 38 heavy (non-hydrogen) atoms. The first kappa shape index (κ1) is 25.3. The third-order valence-electron chi connectivity index (χ3n) is 6.60. The molecule has 1 saturated heterocycles. The number of hydrogen-bond acceptors (Lipinski definition) is 6. The van der Waals surface area contributed by atoms with Crippen LogP contribution in [0.3, 0.4) is 0 Å². The fraction of sp³-hybridized carbons (Fsp3) is 0.226. The van der Waals surface area contributed by atoms with Crippen LogP contribution >= 0.6 is 0 Å². The molecule has 0 spiro atoms. The summed E-state index contributed by atoms with van der Waals surface area (Å²) in [5.74, 6) is 2.05. The Kier molecular flexibility index (Phi) is 7.85. The van der Waals surface area contributed by atoms with Crippen LogP contribution in [0.25, 0.3) is 22.4 Å². The molecule has 5 rings (SSSR count). The highest BCUT2D eigenvalue weighted by atomic mass is 16.5. The third-order valence-corrected chi connectivity index (χ3v) is 6.60. The molecule has 2 heterocycles. The van der Waals surface area contributed by atoms with Gasteiger partial charge >= 0.3 is 0 Å². The summed E-state index contributed by atoms with van der Waals surface area (Å²) in [5, 5.41) is 6.29. The second kappa shape index (κ2) is 11.8. The highest BCUT2D eigenvalue weighted by Crippen LogP contribution is 2.33. The molecule has 0 bridgehead atoms. The number of nitrogens with one attached hydrogen (secondary N) is 2. The van der Waals surface area contributed by atoms with Crippen LogP contribution in [0.2, 0.25) is 0 Å². The summed E-state index contributed by atoms with van der Waals surface area (Å²) in [6, 6.07) is 24.7. The fourth-order valence-corrected chi connectivity index (χ4v) is 4.52. The van der Waals surface area contributed by atoms with E-state index in [4.69, 9.17) is 14.2 Å². The van der Waals surface area contributed by atoms with Gasteiger partial charge in [0.2, 0.25) is 0 Å². The lowest BCUT2D eigenvalue weighted by Crippen LogP contribution is -2.34. The van der Waals surface area contributed by atoms with Gasteiger partial charge in [-0.3, -0.25) is 9.78 Å². The minimum atomic E-state index is -0.231. The highest BCUT2D eigenvalue weighted by molar-refractivity contribution is 6.05. The molecule has 4 aromatic rings. The van der Waals surface area contributed by atoms with Crippen LogP contribution in [0, 0.1) is 0 Å². The molecule has 0 radical (unpaired) electrons. The maximum atomic E-state index is 13.1. The van der Waals surface area contributed by atoms with Crippen LogP contribution in [0.5, 0.6) is 17.2 Å². The molecule has 0 saturated carbocycles. The number of rotatable bonds is 8. The zero-order chi connectivity index (χ0) is 26.3. The van der Waals surface area contributed by atoms with Gasteiger partial charge in [0.1, 0.15) is 23.4 Å². The molecule has 1 fully saturated rings. The average Bonchev–Trinajstić information content (AvgIpc) is 2.98. The summed E-state index contributed by atoms with van der Waals surface area (Å²) in [6.45, 7) is 1.99. The predicted octanol–water partition coefficient (Wildman–Crippen LogP) is 5.82. The minimum Gasteiger partial charge on any atom is -0.497 e. The van der Waals surface area contributed by atoms with Gasteiger partial charge in [0.25, 0.3) is 5.91 Å². The molecule has 1 amide bonds. The Morgan fingerprint density at radius 1 is 0.868 bits per heavy atom. The van der Waals surface area contributed by atoms with Crippen LogP contribution in [-0.2, 0) is 0 Å². The fourth-order valence-electron chi connectivity index (χ4n) is 4.52. The Bertz CT molecular complexity index is 1380. The third kappa shape index (κ3) is 5.95. The number of methoxy groups -OCH3 is 2. The molecule has 0 unspecified atom stereocenters. The number of hydrogen-bond donors (Lipinski definition) is 2. The topological polar surface area (TPSA) is 81.7 Å². The predicted molar refractivity (Wildman–Crippen MR) is 149 cm³/mol. The SMILES string of the molecule is COc1cccc(-c2cc(C(=O)Nc3ccc(-c4ccc(OC5CCNCC5)cc4)nc3)ccc2OC)c1. The van der Waals surface area contributed by atoms with Crippen molar-refractivity contribution in [2.45, 2.75) is 18.9 Å².